The molecule has 1 rings (SSSR count). The molecule has 0 saturated carbocycles. The Morgan fingerprint density at radius 1 is 1.25 bits per heavy atom. The summed E-state index contributed by atoms with van der Waals surface area (Å²) in [6.07, 6.45) is -4.02. The van der Waals surface area contributed by atoms with Gasteiger partial charge >= 0.3 is 6.18 Å². The van der Waals surface area contributed by atoms with E-state index in [1.54, 1.807) is 0 Å². The Morgan fingerprint density at radius 3 is 2.25 bits per heavy atom. The van der Waals surface area contributed by atoms with Crippen molar-refractivity contribution < 1.29 is 22.7 Å². The lowest BCUT2D eigenvalue weighted by molar-refractivity contribution is -0.0885. The van der Waals surface area contributed by atoms with Crippen LogP contribution >= 0.6 is 0 Å². The molecule has 88 valence electrons. The number of benzene rings is 1. The molecule has 1 aromatic carbocycles. The molecule has 1 aromatic rings. The largest absolute Gasteiger partial charge is 0.494 e. The number of halogens is 3. The van der Waals surface area contributed by atoms with Crippen LogP contribution in [0.3, 0.4) is 0 Å². The van der Waals surface area contributed by atoms with Crippen molar-refractivity contribution in [3.63, 3.8) is 0 Å². The SMILES string of the molecule is CCCOc1ccc(C(=O)C(F)(F)F)cc1. The Hall–Kier alpha value is -1.52. The van der Waals surface area contributed by atoms with Crippen LogP contribution in [-0.2, 0) is 0 Å². The number of Topliss-reactive ketones (excluding diaryl/α,β-unsaturated/α-hetero) is 1. The van der Waals surface area contributed by atoms with Crippen LogP contribution in [0.4, 0.5) is 13.2 Å². The summed E-state index contributed by atoms with van der Waals surface area (Å²) in [7, 11) is 0. The van der Waals surface area contributed by atoms with Gasteiger partial charge in [-0.15, -0.1) is 0 Å². The van der Waals surface area contributed by atoms with Crippen LogP contribution in [0.5, 0.6) is 5.75 Å². The first-order valence-corrected chi connectivity index (χ1v) is 4.79. The van der Waals surface area contributed by atoms with Crippen molar-refractivity contribution in [2.45, 2.75) is 19.5 Å². The number of ketones is 1. The summed E-state index contributed by atoms with van der Waals surface area (Å²) in [5.41, 5.74) is -0.378. The van der Waals surface area contributed by atoms with E-state index in [9.17, 15) is 18.0 Å². The Kier molecular flexibility index (Phi) is 3.93. The van der Waals surface area contributed by atoms with Crippen LogP contribution in [0, 0.1) is 0 Å². The van der Waals surface area contributed by atoms with E-state index < -0.39 is 12.0 Å². The molecule has 0 spiro atoms. The fourth-order valence-corrected chi connectivity index (χ4v) is 1.09. The Labute approximate surface area is 91.0 Å². The van der Waals surface area contributed by atoms with Gasteiger partial charge in [-0.2, -0.15) is 13.2 Å². The molecule has 0 saturated heterocycles. The molecule has 0 radical (unpaired) electrons. The van der Waals surface area contributed by atoms with Crippen molar-refractivity contribution >= 4 is 5.78 Å². The van der Waals surface area contributed by atoms with E-state index >= 15 is 0 Å². The Bertz CT molecular complexity index is 354. The first kappa shape index (κ1) is 12.5. The summed E-state index contributed by atoms with van der Waals surface area (Å²) in [5, 5.41) is 0. The minimum absolute atomic E-state index is 0.378. The predicted molar refractivity (Wildman–Crippen MR) is 52.6 cm³/mol. The highest BCUT2D eigenvalue weighted by Crippen LogP contribution is 2.22. The van der Waals surface area contributed by atoms with Crippen LogP contribution in [0.15, 0.2) is 24.3 Å². The first-order valence-electron chi connectivity index (χ1n) is 4.79. The molecule has 0 aliphatic rings. The van der Waals surface area contributed by atoms with Crippen molar-refractivity contribution in [1.82, 2.24) is 0 Å². The molecule has 0 unspecified atom stereocenters. The maximum Gasteiger partial charge on any atom is 0.454 e. The second-order valence-electron chi connectivity index (χ2n) is 3.20. The molecule has 0 bridgehead atoms. The van der Waals surface area contributed by atoms with Crippen LogP contribution < -0.4 is 4.74 Å². The van der Waals surface area contributed by atoms with E-state index in [0.717, 1.165) is 18.6 Å². The summed E-state index contributed by atoms with van der Waals surface area (Å²) in [5.74, 6) is -1.38. The van der Waals surface area contributed by atoms with E-state index in [1.807, 2.05) is 6.92 Å². The van der Waals surface area contributed by atoms with Crippen molar-refractivity contribution in [3.05, 3.63) is 29.8 Å². The van der Waals surface area contributed by atoms with Crippen LogP contribution in [0.1, 0.15) is 23.7 Å². The fourth-order valence-electron chi connectivity index (χ4n) is 1.09. The van der Waals surface area contributed by atoms with Gasteiger partial charge in [0, 0.05) is 5.56 Å². The summed E-state index contributed by atoms with van der Waals surface area (Å²) in [4.78, 5) is 10.8. The fraction of sp³-hybridized carbons (Fsp3) is 0.364. The van der Waals surface area contributed by atoms with Crippen molar-refractivity contribution in [3.8, 4) is 5.75 Å². The van der Waals surface area contributed by atoms with Gasteiger partial charge < -0.3 is 4.74 Å². The second-order valence-corrected chi connectivity index (χ2v) is 3.20. The quantitative estimate of drug-likeness (QED) is 0.745. The average Bonchev–Trinajstić information content (AvgIpc) is 2.25. The highest BCUT2D eigenvalue weighted by atomic mass is 19.4. The third-order valence-corrected chi connectivity index (χ3v) is 1.85. The number of carbonyl (C=O) groups is 1. The van der Waals surface area contributed by atoms with Gasteiger partial charge in [0.05, 0.1) is 6.61 Å². The molecule has 0 aromatic heterocycles. The standard InChI is InChI=1S/C11H11F3O2/c1-2-7-16-9-5-3-8(4-6-9)10(15)11(12,13)14/h3-6H,2,7H2,1H3. The van der Waals surface area contributed by atoms with Gasteiger partial charge in [0.2, 0.25) is 0 Å². The molecule has 16 heavy (non-hydrogen) atoms. The first-order chi connectivity index (χ1) is 7.45. The van der Waals surface area contributed by atoms with Crippen molar-refractivity contribution in [2.24, 2.45) is 0 Å². The normalized spacial score (nSPS) is 11.2. The molecule has 0 fully saturated rings. The highest BCUT2D eigenvalue weighted by molar-refractivity contribution is 6.00. The minimum atomic E-state index is -4.83. The van der Waals surface area contributed by atoms with Crippen molar-refractivity contribution in [1.29, 1.82) is 0 Å². The predicted octanol–water partition coefficient (Wildman–Crippen LogP) is 3.22. The summed E-state index contributed by atoms with van der Waals surface area (Å²) in [6, 6.07) is 4.94. The van der Waals surface area contributed by atoms with Gasteiger partial charge in [0.25, 0.3) is 5.78 Å². The topological polar surface area (TPSA) is 26.3 Å². The van der Waals surface area contributed by atoms with Gasteiger partial charge in [0.15, 0.2) is 0 Å². The maximum absolute atomic E-state index is 12.1. The number of rotatable bonds is 4. The summed E-state index contributed by atoms with van der Waals surface area (Å²) < 4.78 is 41.4. The van der Waals surface area contributed by atoms with Crippen LogP contribution in [0.25, 0.3) is 0 Å². The van der Waals surface area contributed by atoms with E-state index in [1.165, 1.54) is 12.1 Å². The lowest BCUT2D eigenvalue weighted by atomic mass is 10.1. The summed E-state index contributed by atoms with van der Waals surface area (Å²) in [6.45, 7) is 2.41. The third-order valence-electron chi connectivity index (χ3n) is 1.85. The van der Waals surface area contributed by atoms with Gasteiger partial charge in [-0.3, -0.25) is 4.79 Å². The second kappa shape index (κ2) is 5.01. The van der Waals surface area contributed by atoms with E-state index in [2.05, 4.69) is 0 Å². The van der Waals surface area contributed by atoms with E-state index in [-0.39, 0.29) is 5.56 Å². The smallest absolute Gasteiger partial charge is 0.454 e. The molecule has 0 heterocycles. The van der Waals surface area contributed by atoms with Crippen molar-refractivity contribution in [2.75, 3.05) is 6.61 Å². The molecule has 2 nitrogen and oxygen atoms in total. The van der Waals surface area contributed by atoms with Crippen LogP contribution in [-0.4, -0.2) is 18.6 Å². The van der Waals surface area contributed by atoms with Crippen LogP contribution in [0.2, 0.25) is 0 Å². The average molecular weight is 232 g/mol. The monoisotopic (exact) mass is 232 g/mol. The van der Waals surface area contributed by atoms with E-state index in [4.69, 9.17) is 4.74 Å². The highest BCUT2D eigenvalue weighted by Gasteiger charge is 2.39. The molecule has 0 aliphatic heterocycles. The molecule has 0 amide bonds. The molecule has 5 heteroatoms. The van der Waals surface area contributed by atoms with Gasteiger partial charge in [0.1, 0.15) is 5.75 Å². The zero-order valence-corrected chi connectivity index (χ0v) is 8.67. The van der Waals surface area contributed by atoms with E-state index in [0.29, 0.717) is 12.4 Å². The van der Waals surface area contributed by atoms with Gasteiger partial charge in [-0.1, -0.05) is 6.92 Å². The lowest BCUT2D eigenvalue weighted by Crippen LogP contribution is -2.22. The molecule has 0 N–H and O–H groups in total. The third kappa shape index (κ3) is 3.25. The Balaban J connectivity index is 2.75. The molecular weight excluding hydrogens is 221 g/mol. The molecular formula is C11H11F3O2. The lowest BCUT2D eigenvalue weighted by Gasteiger charge is -2.07. The van der Waals surface area contributed by atoms with Gasteiger partial charge in [-0.05, 0) is 30.7 Å². The number of ether oxygens (including phenoxy) is 1. The molecule has 0 atom stereocenters. The van der Waals surface area contributed by atoms with Gasteiger partial charge in [-0.25, -0.2) is 0 Å². The number of carbonyl (C=O) groups excluding carboxylic acids is 1. The zero-order valence-electron chi connectivity index (χ0n) is 8.67. The maximum atomic E-state index is 12.1. The zero-order chi connectivity index (χ0) is 12.2. The number of hydrogen-bond acceptors (Lipinski definition) is 2. The number of hydrogen-bond donors (Lipinski definition) is 0. The molecule has 0 aliphatic carbocycles. The minimum Gasteiger partial charge on any atom is -0.494 e. The Morgan fingerprint density at radius 2 is 1.81 bits per heavy atom. The number of alkyl halides is 3. The summed E-state index contributed by atoms with van der Waals surface area (Å²) >= 11 is 0.